The first-order valence-electron chi connectivity index (χ1n) is 8.63. The molecule has 0 saturated carbocycles. The van der Waals surface area contributed by atoms with Crippen LogP contribution in [0.3, 0.4) is 0 Å². The third kappa shape index (κ3) is 3.37. The Hall–Kier alpha value is -2.14. The number of halogens is 2. The van der Waals surface area contributed by atoms with Crippen molar-refractivity contribution >= 4 is 33.3 Å². The lowest BCUT2D eigenvalue weighted by Crippen LogP contribution is -2.49. The quantitative estimate of drug-likeness (QED) is 0.601. The first-order chi connectivity index (χ1) is 13.4. The molecule has 0 amide bonds. The summed E-state index contributed by atoms with van der Waals surface area (Å²) in [4.78, 5) is 1.46. The number of oxazole rings is 1. The zero-order valence-electron chi connectivity index (χ0n) is 14.7. The van der Waals surface area contributed by atoms with E-state index in [-0.39, 0.29) is 13.1 Å². The Bertz CT molecular complexity index is 1160. The van der Waals surface area contributed by atoms with Crippen molar-refractivity contribution in [3.8, 4) is 0 Å². The van der Waals surface area contributed by atoms with Crippen molar-refractivity contribution < 1.29 is 21.6 Å². The maximum Gasteiger partial charge on any atom is 0.270 e. The lowest BCUT2D eigenvalue weighted by molar-refractivity contribution is 0.151. The van der Waals surface area contributed by atoms with E-state index in [1.165, 1.54) is 0 Å². The van der Waals surface area contributed by atoms with Crippen molar-refractivity contribution in [2.24, 2.45) is 0 Å². The fourth-order valence-corrected chi connectivity index (χ4v) is 5.09. The van der Waals surface area contributed by atoms with E-state index in [4.69, 9.17) is 16.6 Å². The van der Waals surface area contributed by atoms with Crippen LogP contribution in [0.2, 0.25) is 0 Å². The third-order valence-electron chi connectivity index (χ3n) is 4.76. The molecule has 0 radical (unpaired) electrons. The predicted molar refractivity (Wildman–Crippen MR) is 102 cm³/mol. The van der Waals surface area contributed by atoms with Crippen LogP contribution in [0.5, 0.6) is 0 Å². The summed E-state index contributed by atoms with van der Waals surface area (Å²) in [6, 6.07) is 10.5. The van der Waals surface area contributed by atoms with E-state index in [0.29, 0.717) is 30.2 Å². The standard InChI is InChI=1S/C18H17F2N3O3S2/c19-13-4-3-5-14(20)17(13)28(24,25)22-10-8-21(9-11-22)12-23-15-6-1-2-7-16(15)26-18(23)27/h1-7H,8-12H2. The smallest absolute Gasteiger partial charge is 0.270 e. The molecule has 1 aromatic heterocycles. The number of para-hydroxylation sites is 2. The Balaban J connectivity index is 1.50. The van der Waals surface area contributed by atoms with Gasteiger partial charge in [-0.3, -0.25) is 9.47 Å². The molecule has 3 aromatic rings. The molecular formula is C18H17F2N3O3S2. The molecule has 1 aliphatic heterocycles. The van der Waals surface area contributed by atoms with Crippen molar-refractivity contribution in [2.45, 2.75) is 11.6 Å². The van der Waals surface area contributed by atoms with Crippen LogP contribution in [0, 0.1) is 16.5 Å². The first-order valence-corrected chi connectivity index (χ1v) is 10.5. The Morgan fingerprint density at radius 3 is 2.29 bits per heavy atom. The van der Waals surface area contributed by atoms with Gasteiger partial charge in [0.25, 0.3) is 4.84 Å². The van der Waals surface area contributed by atoms with Crippen LogP contribution in [0.15, 0.2) is 51.8 Å². The summed E-state index contributed by atoms with van der Waals surface area (Å²) in [6.07, 6.45) is 0. The van der Waals surface area contributed by atoms with Gasteiger partial charge in [0.05, 0.1) is 12.2 Å². The van der Waals surface area contributed by atoms with Gasteiger partial charge in [0.1, 0.15) is 11.6 Å². The molecule has 6 nitrogen and oxygen atoms in total. The molecule has 0 unspecified atom stereocenters. The topological polar surface area (TPSA) is 58.7 Å². The number of sulfonamides is 1. The largest absolute Gasteiger partial charge is 0.429 e. The van der Waals surface area contributed by atoms with Gasteiger partial charge in [0.15, 0.2) is 10.5 Å². The molecule has 1 aliphatic rings. The molecule has 2 aromatic carbocycles. The second kappa shape index (κ2) is 7.36. The summed E-state index contributed by atoms with van der Waals surface area (Å²) in [7, 11) is -4.24. The molecule has 28 heavy (non-hydrogen) atoms. The van der Waals surface area contributed by atoms with Gasteiger partial charge in [0, 0.05) is 26.2 Å². The normalized spacial score (nSPS) is 16.6. The minimum absolute atomic E-state index is 0.124. The lowest BCUT2D eigenvalue weighted by Gasteiger charge is -2.34. The minimum atomic E-state index is -4.24. The third-order valence-corrected chi connectivity index (χ3v) is 7.02. The van der Waals surface area contributed by atoms with Crippen LogP contribution in [-0.2, 0) is 16.7 Å². The highest BCUT2D eigenvalue weighted by molar-refractivity contribution is 7.89. The Morgan fingerprint density at radius 1 is 0.964 bits per heavy atom. The van der Waals surface area contributed by atoms with Crippen molar-refractivity contribution in [1.29, 1.82) is 0 Å². The van der Waals surface area contributed by atoms with Gasteiger partial charge in [-0.25, -0.2) is 17.2 Å². The molecule has 148 valence electrons. The van der Waals surface area contributed by atoms with Crippen molar-refractivity contribution in [1.82, 2.24) is 13.8 Å². The number of aromatic nitrogens is 1. The van der Waals surface area contributed by atoms with E-state index in [9.17, 15) is 17.2 Å². The molecule has 0 spiro atoms. The summed E-state index contributed by atoms with van der Waals surface area (Å²) in [6.45, 7) is 1.49. The van der Waals surface area contributed by atoms with E-state index >= 15 is 0 Å². The lowest BCUT2D eigenvalue weighted by atomic mass is 10.3. The molecule has 1 saturated heterocycles. The van der Waals surface area contributed by atoms with Gasteiger partial charge in [-0.1, -0.05) is 18.2 Å². The van der Waals surface area contributed by atoms with Gasteiger partial charge in [-0.15, -0.1) is 0 Å². The van der Waals surface area contributed by atoms with Crippen LogP contribution < -0.4 is 0 Å². The number of piperazine rings is 1. The van der Waals surface area contributed by atoms with Gasteiger partial charge >= 0.3 is 0 Å². The van der Waals surface area contributed by atoms with E-state index in [1.807, 2.05) is 33.7 Å². The molecule has 10 heteroatoms. The number of hydrogen-bond donors (Lipinski definition) is 0. The van der Waals surface area contributed by atoms with Crippen LogP contribution >= 0.6 is 12.2 Å². The SMILES string of the molecule is O=S(=O)(c1c(F)cccc1F)N1CCN(Cn2c(=S)oc3ccccc32)CC1. The zero-order valence-corrected chi connectivity index (χ0v) is 16.3. The average Bonchev–Trinajstić information content (AvgIpc) is 2.97. The predicted octanol–water partition coefficient (Wildman–Crippen LogP) is 3.21. The fourth-order valence-electron chi connectivity index (χ4n) is 3.32. The highest BCUT2D eigenvalue weighted by Gasteiger charge is 2.33. The van der Waals surface area contributed by atoms with E-state index < -0.39 is 26.6 Å². The average molecular weight is 425 g/mol. The van der Waals surface area contributed by atoms with Gasteiger partial charge in [-0.05, 0) is 36.5 Å². The van der Waals surface area contributed by atoms with Crippen LogP contribution in [0.1, 0.15) is 0 Å². The molecule has 2 heterocycles. The summed E-state index contributed by atoms with van der Waals surface area (Å²) in [5.74, 6) is -2.17. The van der Waals surface area contributed by atoms with E-state index in [2.05, 4.69) is 0 Å². The first kappa shape index (κ1) is 19.2. The number of fused-ring (bicyclic) bond motifs is 1. The fraction of sp³-hybridized carbons (Fsp3) is 0.278. The van der Waals surface area contributed by atoms with Crippen molar-refractivity contribution in [2.75, 3.05) is 26.2 Å². The van der Waals surface area contributed by atoms with Gasteiger partial charge < -0.3 is 4.42 Å². The van der Waals surface area contributed by atoms with Crippen LogP contribution in [0.25, 0.3) is 11.1 Å². The summed E-state index contributed by atoms with van der Waals surface area (Å²) in [5.41, 5.74) is 1.54. The minimum Gasteiger partial charge on any atom is -0.429 e. The highest BCUT2D eigenvalue weighted by Crippen LogP contribution is 2.24. The van der Waals surface area contributed by atoms with E-state index in [0.717, 1.165) is 28.0 Å². The molecule has 0 atom stereocenters. The van der Waals surface area contributed by atoms with Gasteiger partial charge in [0.2, 0.25) is 10.0 Å². The second-order valence-electron chi connectivity index (χ2n) is 6.48. The number of benzene rings is 2. The molecule has 0 bridgehead atoms. The molecule has 0 N–H and O–H groups in total. The summed E-state index contributed by atoms with van der Waals surface area (Å²) in [5, 5.41) is 0. The zero-order chi connectivity index (χ0) is 19.9. The number of rotatable bonds is 4. The van der Waals surface area contributed by atoms with Gasteiger partial charge in [-0.2, -0.15) is 4.31 Å². The molecule has 1 fully saturated rings. The number of hydrogen-bond acceptors (Lipinski definition) is 5. The van der Waals surface area contributed by atoms with Crippen LogP contribution in [-0.4, -0.2) is 48.4 Å². The maximum absolute atomic E-state index is 13.9. The molecular weight excluding hydrogens is 408 g/mol. The molecule has 0 aliphatic carbocycles. The molecule has 4 rings (SSSR count). The monoisotopic (exact) mass is 425 g/mol. The Morgan fingerprint density at radius 2 is 1.61 bits per heavy atom. The number of nitrogens with zero attached hydrogens (tertiary/aromatic N) is 3. The second-order valence-corrected chi connectivity index (χ2v) is 8.70. The maximum atomic E-state index is 13.9. The van der Waals surface area contributed by atoms with Crippen LogP contribution in [0.4, 0.5) is 8.78 Å². The van der Waals surface area contributed by atoms with Crippen molar-refractivity contribution in [3.63, 3.8) is 0 Å². The summed E-state index contributed by atoms with van der Waals surface area (Å²) >= 11 is 5.28. The highest BCUT2D eigenvalue weighted by atomic mass is 32.2. The van der Waals surface area contributed by atoms with E-state index in [1.54, 1.807) is 0 Å². The Kier molecular flexibility index (Phi) is 5.04. The van der Waals surface area contributed by atoms with Crippen molar-refractivity contribution in [3.05, 3.63) is 58.9 Å². The Labute approximate surface area is 165 Å². The summed E-state index contributed by atoms with van der Waals surface area (Å²) < 4.78 is 61.7.